The summed E-state index contributed by atoms with van der Waals surface area (Å²) in [7, 11) is 0. The van der Waals surface area contributed by atoms with Gasteiger partial charge in [0.2, 0.25) is 11.8 Å². The van der Waals surface area contributed by atoms with Crippen LogP contribution < -0.4 is 10.9 Å². The van der Waals surface area contributed by atoms with Crippen molar-refractivity contribution < 1.29 is 14.0 Å². The van der Waals surface area contributed by atoms with E-state index < -0.39 is 0 Å². The highest BCUT2D eigenvalue weighted by atomic mass is 19.1. The van der Waals surface area contributed by atoms with Crippen LogP contribution in [-0.4, -0.2) is 21.8 Å². The number of aromatic amines is 2. The van der Waals surface area contributed by atoms with Gasteiger partial charge in [0.15, 0.2) is 0 Å². The molecule has 0 bridgehead atoms. The summed E-state index contributed by atoms with van der Waals surface area (Å²) in [6.07, 6.45) is 1.96. The maximum Gasteiger partial charge on any atom is 0.242 e. The number of fused-ring (bicyclic) bond motifs is 2. The fraction of sp³-hybridized carbons (Fsp3) is 0.143. The number of hydrogen-bond acceptors (Lipinski definition) is 2. The average Bonchev–Trinajstić information content (AvgIpc) is 3.22. The maximum absolute atomic E-state index is 13.5. The molecule has 0 aliphatic rings. The molecule has 4 rings (SSSR count). The molecule has 4 N–H and O–H groups in total. The van der Waals surface area contributed by atoms with E-state index in [9.17, 15) is 14.0 Å². The Morgan fingerprint density at radius 1 is 0.964 bits per heavy atom. The smallest absolute Gasteiger partial charge is 0.242 e. The lowest BCUT2D eigenvalue weighted by molar-refractivity contribution is -0.128. The lowest BCUT2D eigenvalue weighted by Gasteiger charge is -2.07. The second-order valence-corrected chi connectivity index (χ2v) is 6.73. The van der Waals surface area contributed by atoms with Crippen molar-refractivity contribution in [3.8, 4) is 0 Å². The molecule has 2 aromatic carbocycles. The Labute approximate surface area is 160 Å². The zero-order valence-electron chi connectivity index (χ0n) is 15.2. The number of amides is 2. The second-order valence-electron chi connectivity index (χ2n) is 6.73. The minimum Gasteiger partial charge on any atom is -0.361 e. The number of carbonyl (C=O) groups is 2. The van der Waals surface area contributed by atoms with E-state index in [1.807, 2.05) is 31.2 Å². The Morgan fingerprint density at radius 2 is 1.71 bits per heavy atom. The largest absolute Gasteiger partial charge is 0.361 e. The molecule has 4 aromatic rings. The molecule has 28 heavy (non-hydrogen) atoms. The lowest BCUT2D eigenvalue weighted by atomic mass is 10.1. The van der Waals surface area contributed by atoms with Crippen molar-refractivity contribution in [1.82, 2.24) is 20.8 Å². The molecule has 2 amide bonds. The molecule has 142 valence electrons. The highest BCUT2D eigenvalue weighted by Crippen LogP contribution is 2.23. The van der Waals surface area contributed by atoms with E-state index in [-0.39, 0.29) is 30.5 Å². The zero-order chi connectivity index (χ0) is 19.7. The van der Waals surface area contributed by atoms with E-state index >= 15 is 0 Å². The summed E-state index contributed by atoms with van der Waals surface area (Å²) in [5, 5.41) is 1.64. The van der Waals surface area contributed by atoms with Gasteiger partial charge in [0.25, 0.3) is 0 Å². The number of hydrazine groups is 1. The molecule has 0 aliphatic heterocycles. The SMILES string of the molecule is Cc1[nH]c2ccc(F)cc2c1CC(=O)NNC(=O)Cc1c[nH]c2ccccc12. The third-order valence-electron chi connectivity index (χ3n) is 4.79. The van der Waals surface area contributed by atoms with Crippen LogP contribution in [0.5, 0.6) is 0 Å². The van der Waals surface area contributed by atoms with Gasteiger partial charge in [-0.05, 0) is 42.3 Å². The van der Waals surface area contributed by atoms with Crippen LogP contribution >= 0.6 is 0 Å². The standard InChI is InChI=1S/C21H19FN4O2/c1-12-16(17-9-14(22)6-7-19(17)24-12)10-21(28)26-25-20(27)8-13-11-23-18-5-3-2-4-15(13)18/h2-7,9,11,23-24H,8,10H2,1H3,(H,25,27)(H,26,28). The molecule has 6 nitrogen and oxygen atoms in total. The van der Waals surface area contributed by atoms with Crippen LogP contribution in [0.1, 0.15) is 16.8 Å². The molecule has 0 spiro atoms. The Bertz CT molecular complexity index is 1190. The third-order valence-corrected chi connectivity index (χ3v) is 4.79. The molecule has 0 fully saturated rings. The number of nitrogens with one attached hydrogen (secondary N) is 4. The molecular formula is C21H19FN4O2. The Hall–Kier alpha value is -3.61. The fourth-order valence-corrected chi connectivity index (χ4v) is 3.42. The van der Waals surface area contributed by atoms with E-state index in [1.54, 1.807) is 12.3 Å². The van der Waals surface area contributed by atoms with Crippen molar-refractivity contribution in [2.75, 3.05) is 0 Å². The lowest BCUT2D eigenvalue weighted by Crippen LogP contribution is -2.43. The summed E-state index contributed by atoms with van der Waals surface area (Å²) < 4.78 is 13.5. The first-order valence-electron chi connectivity index (χ1n) is 8.90. The number of H-pyrrole nitrogens is 2. The fourth-order valence-electron chi connectivity index (χ4n) is 3.42. The topological polar surface area (TPSA) is 89.8 Å². The van der Waals surface area contributed by atoms with Gasteiger partial charge in [0.1, 0.15) is 5.82 Å². The minimum absolute atomic E-state index is 0.0304. The summed E-state index contributed by atoms with van der Waals surface area (Å²) in [5.74, 6) is -1.06. The first kappa shape index (κ1) is 17.8. The van der Waals surface area contributed by atoms with Gasteiger partial charge >= 0.3 is 0 Å². The molecule has 2 heterocycles. The van der Waals surface area contributed by atoms with Gasteiger partial charge in [-0.2, -0.15) is 0 Å². The first-order chi connectivity index (χ1) is 13.5. The number of carbonyl (C=O) groups excluding carboxylic acids is 2. The van der Waals surface area contributed by atoms with Gasteiger partial charge < -0.3 is 9.97 Å². The second kappa shape index (κ2) is 7.19. The number of benzene rings is 2. The van der Waals surface area contributed by atoms with Crippen LogP contribution in [0.2, 0.25) is 0 Å². The molecule has 0 unspecified atom stereocenters. The maximum atomic E-state index is 13.5. The van der Waals surface area contributed by atoms with Crippen LogP contribution in [0.25, 0.3) is 21.8 Å². The highest BCUT2D eigenvalue weighted by Gasteiger charge is 2.14. The number of rotatable bonds is 4. The number of aromatic nitrogens is 2. The van der Waals surface area contributed by atoms with Crippen LogP contribution in [0.15, 0.2) is 48.7 Å². The molecule has 0 atom stereocenters. The van der Waals surface area contributed by atoms with Crippen LogP contribution in [-0.2, 0) is 22.4 Å². The monoisotopic (exact) mass is 378 g/mol. The van der Waals surface area contributed by atoms with Crippen molar-refractivity contribution in [3.63, 3.8) is 0 Å². The number of halogens is 1. The molecule has 0 radical (unpaired) electrons. The van der Waals surface area contributed by atoms with Gasteiger partial charge in [-0.25, -0.2) is 4.39 Å². The van der Waals surface area contributed by atoms with Crippen molar-refractivity contribution in [3.05, 3.63) is 71.3 Å². The number of aryl methyl sites for hydroxylation is 1. The third kappa shape index (κ3) is 3.46. The van der Waals surface area contributed by atoms with Gasteiger partial charge in [-0.15, -0.1) is 0 Å². The molecule has 0 aliphatic carbocycles. The molecule has 7 heteroatoms. The van der Waals surface area contributed by atoms with Crippen molar-refractivity contribution in [2.24, 2.45) is 0 Å². The molecule has 0 saturated carbocycles. The van der Waals surface area contributed by atoms with Gasteiger partial charge in [-0.3, -0.25) is 20.4 Å². The normalized spacial score (nSPS) is 11.1. The Morgan fingerprint density at radius 3 is 2.54 bits per heavy atom. The first-order valence-corrected chi connectivity index (χ1v) is 8.90. The summed E-state index contributed by atoms with van der Waals surface area (Å²) in [6.45, 7) is 1.83. The van der Waals surface area contributed by atoms with Crippen molar-refractivity contribution in [1.29, 1.82) is 0 Å². The molecule has 0 saturated heterocycles. The highest BCUT2D eigenvalue weighted by molar-refractivity contribution is 5.92. The van der Waals surface area contributed by atoms with Gasteiger partial charge in [-0.1, -0.05) is 18.2 Å². The van der Waals surface area contributed by atoms with Gasteiger partial charge in [0.05, 0.1) is 12.8 Å². The van der Waals surface area contributed by atoms with E-state index in [1.165, 1.54) is 12.1 Å². The number of para-hydroxylation sites is 1. The van der Waals surface area contributed by atoms with E-state index in [0.29, 0.717) is 10.9 Å². The molecular weight excluding hydrogens is 359 g/mol. The van der Waals surface area contributed by atoms with E-state index in [2.05, 4.69) is 20.8 Å². The predicted molar refractivity (Wildman–Crippen MR) is 105 cm³/mol. The quantitative estimate of drug-likeness (QED) is 0.411. The van der Waals surface area contributed by atoms with Crippen molar-refractivity contribution in [2.45, 2.75) is 19.8 Å². The summed E-state index contributed by atoms with van der Waals surface area (Å²) in [6, 6.07) is 12.1. The summed E-state index contributed by atoms with van der Waals surface area (Å²) in [5.41, 5.74) is 8.95. The summed E-state index contributed by atoms with van der Waals surface area (Å²) >= 11 is 0. The minimum atomic E-state index is -0.375. The zero-order valence-corrected chi connectivity index (χ0v) is 15.2. The van der Waals surface area contributed by atoms with E-state index in [0.717, 1.165) is 27.7 Å². The Kier molecular flexibility index (Phi) is 4.57. The van der Waals surface area contributed by atoms with Crippen molar-refractivity contribution >= 4 is 33.6 Å². The number of hydrogen-bond donors (Lipinski definition) is 4. The van der Waals surface area contributed by atoms with E-state index in [4.69, 9.17) is 0 Å². The Balaban J connectivity index is 1.39. The van der Waals surface area contributed by atoms with Crippen LogP contribution in [0.3, 0.4) is 0 Å². The van der Waals surface area contributed by atoms with Crippen LogP contribution in [0, 0.1) is 12.7 Å². The van der Waals surface area contributed by atoms with Gasteiger partial charge in [0, 0.05) is 33.7 Å². The molecule has 2 aromatic heterocycles. The average molecular weight is 378 g/mol. The predicted octanol–water partition coefficient (Wildman–Crippen LogP) is 3.03. The summed E-state index contributed by atoms with van der Waals surface area (Å²) in [4.78, 5) is 30.7. The van der Waals surface area contributed by atoms with Crippen LogP contribution in [0.4, 0.5) is 4.39 Å².